The van der Waals surface area contributed by atoms with Crippen molar-refractivity contribution in [2.45, 2.75) is 12.5 Å². The molecule has 26 heavy (non-hydrogen) atoms. The van der Waals surface area contributed by atoms with Crippen LogP contribution in [-0.2, 0) is 0 Å². The Bertz CT molecular complexity index is 922. The Morgan fingerprint density at radius 3 is 2.35 bits per heavy atom. The van der Waals surface area contributed by atoms with Gasteiger partial charge in [0.25, 0.3) is 0 Å². The fourth-order valence-corrected chi connectivity index (χ4v) is 3.46. The van der Waals surface area contributed by atoms with Gasteiger partial charge >= 0.3 is 0 Å². The highest BCUT2D eigenvalue weighted by Crippen LogP contribution is 2.40. The molecule has 3 nitrogen and oxygen atoms in total. The topological polar surface area (TPSA) is 24.8 Å². The summed E-state index contributed by atoms with van der Waals surface area (Å²) in [6, 6.07) is 26.3. The van der Waals surface area contributed by atoms with Crippen molar-refractivity contribution < 1.29 is 4.74 Å². The van der Waals surface area contributed by atoms with E-state index in [1.54, 1.807) is 7.11 Å². The number of halogens is 1. The number of nitrogens with zero attached hydrogens (tertiary/aromatic N) is 2. The highest BCUT2D eigenvalue weighted by molar-refractivity contribution is 6.30. The Balaban J connectivity index is 1.77. The second-order valence-corrected chi connectivity index (χ2v) is 6.63. The first kappa shape index (κ1) is 16.7. The molecule has 1 aliphatic heterocycles. The molecule has 0 saturated heterocycles. The maximum absolute atomic E-state index is 6.04. The maximum atomic E-state index is 6.04. The molecule has 0 N–H and O–H groups in total. The number of benzene rings is 3. The summed E-state index contributed by atoms with van der Waals surface area (Å²) in [4.78, 5) is 0. The zero-order chi connectivity index (χ0) is 17.9. The van der Waals surface area contributed by atoms with E-state index in [0.29, 0.717) is 0 Å². The third kappa shape index (κ3) is 3.18. The summed E-state index contributed by atoms with van der Waals surface area (Å²) in [7, 11) is 1.71. The molecular weight excluding hydrogens is 344 g/mol. The molecule has 0 aliphatic carbocycles. The van der Waals surface area contributed by atoms with Gasteiger partial charge in [-0.25, -0.2) is 0 Å². The third-order valence-corrected chi connectivity index (χ3v) is 4.86. The van der Waals surface area contributed by atoms with E-state index in [-0.39, 0.29) is 6.04 Å². The largest absolute Gasteiger partial charge is 0.496 e. The number of para-hydroxylation sites is 2. The van der Waals surface area contributed by atoms with Gasteiger partial charge in [-0.2, -0.15) is 5.10 Å². The van der Waals surface area contributed by atoms with E-state index in [4.69, 9.17) is 21.4 Å². The van der Waals surface area contributed by atoms with E-state index in [1.165, 1.54) is 0 Å². The summed E-state index contributed by atoms with van der Waals surface area (Å²) in [5.74, 6) is 0.881. The Hall–Kier alpha value is -2.78. The summed E-state index contributed by atoms with van der Waals surface area (Å²) in [6.45, 7) is 0. The molecular formula is C22H19ClN2O. The average molecular weight is 363 g/mol. The zero-order valence-corrected chi connectivity index (χ0v) is 15.2. The van der Waals surface area contributed by atoms with Gasteiger partial charge in [0.2, 0.25) is 0 Å². The van der Waals surface area contributed by atoms with E-state index >= 15 is 0 Å². The van der Waals surface area contributed by atoms with E-state index in [2.05, 4.69) is 23.2 Å². The van der Waals surface area contributed by atoms with Gasteiger partial charge in [-0.3, -0.25) is 5.01 Å². The van der Waals surface area contributed by atoms with Gasteiger partial charge < -0.3 is 4.74 Å². The summed E-state index contributed by atoms with van der Waals surface area (Å²) in [5.41, 5.74) is 4.33. The molecule has 1 aliphatic rings. The van der Waals surface area contributed by atoms with Gasteiger partial charge in [-0.1, -0.05) is 60.1 Å². The lowest BCUT2D eigenvalue weighted by atomic mass is 9.97. The van der Waals surface area contributed by atoms with Crippen LogP contribution in [0.15, 0.2) is 84.0 Å². The van der Waals surface area contributed by atoms with Crippen LogP contribution in [0.3, 0.4) is 0 Å². The monoisotopic (exact) mass is 362 g/mol. The number of rotatable bonds is 4. The average Bonchev–Trinajstić information content (AvgIpc) is 3.14. The predicted molar refractivity (Wildman–Crippen MR) is 107 cm³/mol. The van der Waals surface area contributed by atoms with Crippen molar-refractivity contribution in [3.05, 3.63) is 95.0 Å². The SMILES string of the molecule is COc1ccccc1C1CC(c2ccc(Cl)cc2)=NN1c1ccccc1. The summed E-state index contributed by atoms with van der Waals surface area (Å²) < 4.78 is 5.60. The van der Waals surface area contributed by atoms with Crippen LogP contribution < -0.4 is 9.75 Å². The van der Waals surface area contributed by atoms with Crippen LogP contribution in [0.2, 0.25) is 5.02 Å². The minimum Gasteiger partial charge on any atom is -0.496 e. The van der Waals surface area contributed by atoms with E-state index in [9.17, 15) is 0 Å². The molecule has 3 aromatic rings. The van der Waals surface area contributed by atoms with Crippen molar-refractivity contribution in [2.75, 3.05) is 12.1 Å². The van der Waals surface area contributed by atoms with Crippen LogP contribution in [0.5, 0.6) is 5.75 Å². The molecule has 0 amide bonds. The van der Waals surface area contributed by atoms with E-state index in [0.717, 1.165) is 39.7 Å². The van der Waals surface area contributed by atoms with Crippen molar-refractivity contribution in [3.63, 3.8) is 0 Å². The molecule has 4 heteroatoms. The first-order chi connectivity index (χ1) is 12.8. The first-order valence-electron chi connectivity index (χ1n) is 8.57. The van der Waals surface area contributed by atoms with Crippen LogP contribution >= 0.6 is 11.6 Å². The van der Waals surface area contributed by atoms with Gasteiger partial charge in [0.05, 0.1) is 24.6 Å². The van der Waals surface area contributed by atoms with E-state index in [1.807, 2.05) is 60.7 Å². The number of hydrogen-bond donors (Lipinski definition) is 0. The van der Waals surface area contributed by atoms with Gasteiger partial charge in [-0.15, -0.1) is 0 Å². The molecule has 130 valence electrons. The molecule has 0 bridgehead atoms. The lowest BCUT2D eigenvalue weighted by molar-refractivity contribution is 0.405. The van der Waals surface area contributed by atoms with E-state index < -0.39 is 0 Å². The first-order valence-corrected chi connectivity index (χ1v) is 8.94. The number of anilines is 1. The van der Waals surface area contributed by atoms with Crippen LogP contribution in [-0.4, -0.2) is 12.8 Å². The van der Waals surface area contributed by atoms with Crippen LogP contribution in [0.1, 0.15) is 23.6 Å². The minimum atomic E-state index is 0.0826. The molecule has 1 unspecified atom stereocenters. The van der Waals surface area contributed by atoms with Crippen LogP contribution in [0, 0.1) is 0 Å². The highest BCUT2D eigenvalue weighted by Gasteiger charge is 2.31. The molecule has 0 aromatic heterocycles. The smallest absolute Gasteiger partial charge is 0.124 e. The normalized spacial score (nSPS) is 16.5. The Labute approximate surface area is 158 Å². The Morgan fingerprint density at radius 1 is 0.923 bits per heavy atom. The lowest BCUT2D eigenvalue weighted by Crippen LogP contribution is -2.19. The van der Waals surface area contributed by atoms with Crippen LogP contribution in [0.4, 0.5) is 5.69 Å². The summed E-state index contributed by atoms with van der Waals surface area (Å²) in [5, 5.41) is 7.76. The van der Waals surface area contributed by atoms with Gasteiger partial charge in [0.15, 0.2) is 0 Å². The molecule has 0 radical (unpaired) electrons. The van der Waals surface area contributed by atoms with Gasteiger partial charge in [-0.05, 0) is 35.9 Å². The summed E-state index contributed by atoms with van der Waals surface area (Å²) >= 11 is 6.04. The maximum Gasteiger partial charge on any atom is 0.124 e. The molecule has 0 fully saturated rings. The Kier molecular flexibility index (Phi) is 4.63. The molecule has 0 saturated carbocycles. The van der Waals surface area contributed by atoms with Crippen LogP contribution in [0.25, 0.3) is 0 Å². The second kappa shape index (κ2) is 7.22. The molecule has 0 spiro atoms. The second-order valence-electron chi connectivity index (χ2n) is 6.20. The van der Waals surface area contributed by atoms with Crippen molar-refractivity contribution in [2.24, 2.45) is 5.10 Å². The lowest BCUT2D eigenvalue weighted by Gasteiger charge is -2.25. The Morgan fingerprint density at radius 2 is 1.62 bits per heavy atom. The molecule has 4 rings (SSSR count). The standard InChI is InChI=1S/C22H19ClN2O/c1-26-22-10-6-5-9-19(22)21-15-20(16-11-13-17(23)14-12-16)24-25(21)18-7-3-2-4-8-18/h2-14,21H,15H2,1H3. The fraction of sp³-hybridized carbons (Fsp3) is 0.136. The van der Waals surface area contributed by atoms with Crippen molar-refractivity contribution in [1.82, 2.24) is 0 Å². The van der Waals surface area contributed by atoms with Gasteiger partial charge in [0.1, 0.15) is 5.75 Å². The quantitative estimate of drug-likeness (QED) is 0.594. The number of ether oxygens (including phenoxy) is 1. The summed E-state index contributed by atoms with van der Waals surface area (Å²) in [6.07, 6.45) is 0.802. The molecule has 3 aromatic carbocycles. The predicted octanol–water partition coefficient (Wildman–Crippen LogP) is 5.70. The molecule has 1 heterocycles. The minimum absolute atomic E-state index is 0.0826. The number of methoxy groups -OCH3 is 1. The molecule has 1 atom stereocenters. The zero-order valence-electron chi connectivity index (χ0n) is 14.5. The number of hydrogen-bond acceptors (Lipinski definition) is 3. The van der Waals surface area contributed by atoms with Crippen molar-refractivity contribution >= 4 is 23.0 Å². The highest BCUT2D eigenvalue weighted by atomic mass is 35.5. The number of hydrazone groups is 1. The fourth-order valence-electron chi connectivity index (χ4n) is 3.33. The van der Waals surface area contributed by atoms with Crippen molar-refractivity contribution in [1.29, 1.82) is 0 Å². The third-order valence-electron chi connectivity index (χ3n) is 4.61. The van der Waals surface area contributed by atoms with Crippen molar-refractivity contribution in [3.8, 4) is 5.75 Å². The van der Waals surface area contributed by atoms with Gasteiger partial charge in [0, 0.05) is 17.0 Å².